The zero-order valence-corrected chi connectivity index (χ0v) is 11.6. The molecule has 0 aliphatic heterocycles. The van der Waals surface area contributed by atoms with Crippen LogP contribution in [0.5, 0.6) is 0 Å². The Labute approximate surface area is 129 Å². The molecule has 0 N–H and O–H groups in total. The molecule has 0 fully saturated rings. The molecule has 5 heteroatoms. The predicted octanol–water partition coefficient (Wildman–Crippen LogP) is 3.50. The largest absolute Gasteiger partial charge is 0.289 e. The summed E-state index contributed by atoms with van der Waals surface area (Å²) in [5.41, 5.74) is 2.81. The minimum Gasteiger partial charge on any atom is -0.289 e. The Morgan fingerprint density at radius 3 is 2.09 bits per heavy atom. The number of nitrogens with zero attached hydrogens (tertiary/aromatic N) is 1. The molecular weight excluding hydrogens is 294 g/mol. The molecule has 3 aromatic rings. The second kappa shape index (κ2) is 3.70. The first-order valence-corrected chi connectivity index (χ1v) is 7.06. The molecule has 0 atom stereocenters. The molecule has 5 rings (SSSR count). The van der Waals surface area contributed by atoms with Crippen LogP contribution in [0.3, 0.4) is 0 Å². The van der Waals surface area contributed by atoms with E-state index in [0.717, 1.165) is 0 Å². The first kappa shape index (κ1) is 12.2. The maximum Gasteiger partial charge on any atom is 0.277 e. The third-order valence-corrected chi connectivity index (χ3v) is 4.63. The van der Waals surface area contributed by atoms with Gasteiger partial charge in [-0.2, -0.15) is 0 Å². The van der Waals surface area contributed by atoms with E-state index in [2.05, 4.69) is 0 Å². The van der Waals surface area contributed by atoms with E-state index in [-0.39, 0.29) is 17.3 Å². The van der Waals surface area contributed by atoms with Crippen molar-refractivity contribution in [1.82, 2.24) is 0 Å². The van der Waals surface area contributed by atoms with Gasteiger partial charge in [-0.15, -0.1) is 0 Å². The Kier molecular flexibility index (Phi) is 1.97. The summed E-state index contributed by atoms with van der Waals surface area (Å²) in [6, 6.07) is 11.3. The van der Waals surface area contributed by atoms with Crippen LogP contribution in [-0.2, 0) is 0 Å². The van der Waals surface area contributed by atoms with Crippen molar-refractivity contribution in [2.24, 2.45) is 0 Å². The molecule has 0 heterocycles. The summed E-state index contributed by atoms with van der Waals surface area (Å²) in [6.45, 7) is 0. The van der Waals surface area contributed by atoms with Gasteiger partial charge in [-0.3, -0.25) is 19.7 Å². The smallest absolute Gasteiger partial charge is 0.277 e. The number of hydrogen-bond acceptors (Lipinski definition) is 4. The van der Waals surface area contributed by atoms with Crippen LogP contribution in [0.1, 0.15) is 31.8 Å². The summed E-state index contributed by atoms with van der Waals surface area (Å²) in [5.74, 6) is -0.451. The summed E-state index contributed by atoms with van der Waals surface area (Å²) in [4.78, 5) is 36.3. The lowest BCUT2D eigenvalue weighted by Crippen LogP contribution is -2.10. The fourth-order valence-corrected chi connectivity index (χ4v) is 3.73. The lowest BCUT2D eigenvalue weighted by atomic mass is 9.82. The van der Waals surface area contributed by atoms with E-state index in [4.69, 9.17) is 0 Å². The van der Waals surface area contributed by atoms with Crippen molar-refractivity contribution < 1.29 is 14.5 Å². The molecule has 0 bridgehead atoms. The topological polar surface area (TPSA) is 77.3 Å². The van der Waals surface area contributed by atoms with E-state index in [9.17, 15) is 19.7 Å². The Hall–Kier alpha value is -3.34. The highest BCUT2D eigenvalue weighted by Crippen LogP contribution is 2.50. The molecule has 5 nitrogen and oxygen atoms in total. The fraction of sp³-hybridized carbons (Fsp3) is 0. The molecule has 108 valence electrons. The number of nitro benzene ring substituents is 1. The van der Waals surface area contributed by atoms with E-state index >= 15 is 0 Å². The van der Waals surface area contributed by atoms with Gasteiger partial charge in [0.15, 0.2) is 11.6 Å². The first-order valence-electron chi connectivity index (χ1n) is 7.06. The van der Waals surface area contributed by atoms with Crippen molar-refractivity contribution in [3.8, 4) is 11.1 Å². The van der Waals surface area contributed by atoms with E-state index < -0.39 is 4.92 Å². The summed E-state index contributed by atoms with van der Waals surface area (Å²) in [6.07, 6.45) is 0. The highest BCUT2D eigenvalue weighted by Gasteiger charge is 2.39. The Morgan fingerprint density at radius 1 is 0.783 bits per heavy atom. The van der Waals surface area contributed by atoms with Gasteiger partial charge in [-0.05, 0) is 6.07 Å². The molecular formula is C18H7NO4. The highest BCUT2D eigenvalue weighted by molar-refractivity contribution is 6.36. The van der Waals surface area contributed by atoms with E-state index in [1.165, 1.54) is 6.07 Å². The Balaban J connectivity index is 2.13. The van der Waals surface area contributed by atoms with Gasteiger partial charge in [0.1, 0.15) is 0 Å². The van der Waals surface area contributed by atoms with Crippen LogP contribution < -0.4 is 0 Å². The minimum atomic E-state index is -0.504. The van der Waals surface area contributed by atoms with Crippen molar-refractivity contribution in [3.63, 3.8) is 0 Å². The van der Waals surface area contributed by atoms with Crippen molar-refractivity contribution in [2.75, 3.05) is 0 Å². The number of carbonyl (C=O) groups excluding carboxylic acids is 2. The van der Waals surface area contributed by atoms with Gasteiger partial charge in [0.2, 0.25) is 0 Å². The number of nitro groups is 1. The zero-order chi connectivity index (χ0) is 15.9. The van der Waals surface area contributed by atoms with Gasteiger partial charge < -0.3 is 0 Å². The minimum absolute atomic E-state index is 0.141. The van der Waals surface area contributed by atoms with Crippen LogP contribution in [0.25, 0.3) is 21.9 Å². The molecule has 0 saturated heterocycles. The molecule has 2 aliphatic carbocycles. The number of ketones is 2. The molecule has 0 aromatic heterocycles. The molecule has 3 aromatic carbocycles. The lowest BCUT2D eigenvalue weighted by Gasteiger charge is -2.18. The van der Waals surface area contributed by atoms with Crippen molar-refractivity contribution >= 4 is 28.0 Å². The number of benzene rings is 3. The van der Waals surface area contributed by atoms with Crippen LogP contribution in [0, 0.1) is 10.1 Å². The third-order valence-electron chi connectivity index (χ3n) is 4.63. The number of carbonyl (C=O) groups is 2. The molecule has 0 radical (unpaired) electrons. The van der Waals surface area contributed by atoms with Crippen molar-refractivity contribution in [1.29, 1.82) is 0 Å². The average Bonchev–Trinajstić information content (AvgIpc) is 2.85. The van der Waals surface area contributed by atoms with Gasteiger partial charge in [-0.1, -0.05) is 30.3 Å². The van der Waals surface area contributed by atoms with Crippen molar-refractivity contribution in [2.45, 2.75) is 0 Å². The van der Waals surface area contributed by atoms with Crippen LogP contribution in [0.2, 0.25) is 0 Å². The first-order chi connectivity index (χ1) is 11.1. The molecule has 0 amide bonds. The highest BCUT2D eigenvalue weighted by atomic mass is 16.6. The lowest BCUT2D eigenvalue weighted by molar-refractivity contribution is -0.383. The molecule has 0 spiro atoms. The Morgan fingerprint density at radius 2 is 1.39 bits per heavy atom. The Bertz CT molecular complexity index is 1130. The van der Waals surface area contributed by atoms with Gasteiger partial charge in [-0.25, -0.2) is 0 Å². The molecule has 0 unspecified atom stereocenters. The van der Waals surface area contributed by atoms with Crippen molar-refractivity contribution in [3.05, 3.63) is 74.8 Å². The van der Waals surface area contributed by atoms with E-state index in [1.807, 2.05) is 0 Å². The second-order valence-electron chi connectivity index (χ2n) is 5.69. The number of non-ortho nitro benzene ring substituents is 1. The van der Waals surface area contributed by atoms with Crippen LogP contribution in [-0.4, -0.2) is 16.5 Å². The van der Waals surface area contributed by atoms with E-state index in [1.54, 1.807) is 36.4 Å². The average molecular weight is 301 g/mol. The molecule has 2 aliphatic rings. The van der Waals surface area contributed by atoms with Crippen LogP contribution in [0.15, 0.2) is 42.5 Å². The van der Waals surface area contributed by atoms with Gasteiger partial charge in [0.05, 0.1) is 10.3 Å². The van der Waals surface area contributed by atoms with Gasteiger partial charge in [0, 0.05) is 44.8 Å². The number of hydrogen-bond donors (Lipinski definition) is 0. The standard InChI is InChI=1S/C18H7NO4/c20-17-9-4-1-3-8-13(19(22)23)7-12-16(14(8)9)15-10(17)5-2-6-11(15)18(12)21/h1-7H. The summed E-state index contributed by atoms with van der Waals surface area (Å²) < 4.78 is 0. The molecule has 0 saturated carbocycles. The third kappa shape index (κ3) is 1.24. The summed E-state index contributed by atoms with van der Waals surface area (Å²) >= 11 is 0. The molecule has 23 heavy (non-hydrogen) atoms. The van der Waals surface area contributed by atoms with Crippen LogP contribution >= 0.6 is 0 Å². The monoisotopic (exact) mass is 301 g/mol. The fourth-order valence-electron chi connectivity index (χ4n) is 3.73. The van der Waals surface area contributed by atoms with Crippen LogP contribution in [0.4, 0.5) is 5.69 Å². The van der Waals surface area contributed by atoms with E-state index in [0.29, 0.717) is 44.2 Å². The SMILES string of the molecule is O=C1c2cccc3c2-c2c1cc([N+](=O)[O-])c1cccc(c21)C3=O. The second-order valence-corrected chi connectivity index (χ2v) is 5.69. The maximum absolute atomic E-state index is 12.8. The quantitative estimate of drug-likeness (QED) is 0.350. The predicted molar refractivity (Wildman–Crippen MR) is 82.9 cm³/mol. The maximum atomic E-state index is 12.8. The summed E-state index contributed by atoms with van der Waals surface area (Å²) in [7, 11) is 0. The normalized spacial score (nSPS) is 13.7. The zero-order valence-electron chi connectivity index (χ0n) is 11.6. The number of rotatable bonds is 1. The summed E-state index contributed by atoms with van der Waals surface area (Å²) in [5, 5.41) is 12.3. The van der Waals surface area contributed by atoms with Gasteiger partial charge in [0.25, 0.3) is 5.69 Å². The van der Waals surface area contributed by atoms with Gasteiger partial charge >= 0.3 is 0 Å².